The van der Waals surface area contributed by atoms with Crippen LogP contribution in [-0.4, -0.2) is 42.9 Å². The van der Waals surface area contributed by atoms with E-state index in [1.165, 1.54) is 26.2 Å². The molecule has 0 unspecified atom stereocenters. The number of hydrogen-bond donors (Lipinski definition) is 1. The van der Waals surface area contributed by atoms with Crippen molar-refractivity contribution in [1.82, 2.24) is 14.4 Å². The van der Waals surface area contributed by atoms with Crippen molar-refractivity contribution in [2.24, 2.45) is 0 Å². The molecule has 31 heavy (non-hydrogen) atoms. The van der Waals surface area contributed by atoms with Gasteiger partial charge in [0, 0.05) is 24.7 Å². The molecule has 1 aromatic carbocycles. The standard InChI is InChI=1S/C21H20N4O4S2/c1-12-8-9-18(30-12)17-11-16(19-13(2)24-29-21(19)23-17)20(26)22-14-6-5-7-15(10-14)31(27,28)25(3)4/h5-11H,1-4H3,(H,22,26). The van der Waals surface area contributed by atoms with Gasteiger partial charge in [-0.15, -0.1) is 11.3 Å². The van der Waals surface area contributed by atoms with Gasteiger partial charge in [0.05, 0.1) is 32.1 Å². The topological polar surface area (TPSA) is 105 Å². The average molecular weight is 457 g/mol. The van der Waals surface area contributed by atoms with Crippen LogP contribution < -0.4 is 5.32 Å². The van der Waals surface area contributed by atoms with Crippen LogP contribution in [0.15, 0.2) is 51.9 Å². The van der Waals surface area contributed by atoms with Gasteiger partial charge in [-0.3, -0.25) is 4.79 Å². The van der Waals surface area contributed by atoms with Crippen molar-refractivity contribution in [2.75, 3.05) is 19.4 Å². The lowest BCUT2D eigenvalue weighted by Gasteiger charge is -2.13. The van der Waals surface area contributed by atoms with Crippen molar-refractivity contribution in [2.45, 2.75) is 18.7 Å². The second kappa shape index (κ2) is 7.88. The molecule has 160 valence electrons. The zero-order chi connectivity index (χ0) is 22.3. The Bertz CT molecular complexity index is 1400. The number of nitrogens with zero attached hydrogens (tertiary/aromatic N) is 3. The normalized spacial score (nSPS) is 11.9. The maximum absolute atomic E-state index is 13.2. The van der Waals surface area contributed by atoms with Crippen LogP contribution in [0, 0.1) is 13.8 Å². The Morgan fingerprint density at radius 3 is 2.58 bits per heavy atom. The molecule has 8 nitrogen and oxygen atoms in total. The summed E-state index contributed by atoms with van der Waals surface area (Å²) in [6.45, 7) is 3.73. The number of hydrogen-bond acceptors (Lipinski definition) is 7. The first kappa shape index (κ1) is 21.2. The summed E-state index contributed by atoms with van der Waals surface area (Å²) < 4.78 is 31.3. The van der Waals surface area contributed by atoms with Gasteiger partial charge >= 0.3 is 0 Å². The number of thiophene rings is 1. The Hall–Kier alpha value is -3.08. The van der Waals surface area contributed by atoms with Crippen molar-refractivity contribution in [3.63, 3.8) is 0 Å². The van der Waals surface area contributed by atoms with Gasteiger partial charge in [-0.25, -0.2) is 17.7 Å². The highest BCUT2D eigenvalue weighted by atomic mass is 32.2. The third-order valence-electron chi connectivity index (χ3n) is 4.73. The highest BCUT2D eigenvalue weighted by Crippen LogP contribution is 2.31. The van der Waals surface area contributed by atoms with Crippen molar-refractivity contribution in [1.29, 1.82) is 0 Å². The van der Waals surface area contributed by atoms with E-state index in [2.05, 4.69) is 15.5 Å². The van der Waals surface area contributed by atoms with E-state index >= 15 is 0 Å². The predicted molar refractivity (Wildman–Crippen MR) is 120 cm³/mol. The molecule has 1 amide bonds. The molecule has 0 saturated carbocycles. The summed E-state index contributed by atoms with van der Waals surface area (Å²) >= 11 is 1.56. The monoisotopic (exact) mass is 456 g/mol. The van der Waals surface area contributed by atoms with Crippen molar-refractivity contribution >= 4 is 44.1 Å². The number of amides is 1. The van der Waals surface area contributed by atoms with Crippen molar-refractivity contribution in [3.05, 3.63) is 58.6 Å². The smallest absolute Gasteiger partial charge is 0.259 e. The first-order valence-electron chi connectivity index (χ1n) is 9.34. The molecular weight excluding hydrogens is 436 g/mol. The quantitative estimate of drug-likeness (QED) is 0.485. The molecule has 0 bridgehead atoms. The van der Waals surface area contributed by atoms with E-state index in [1.54, 1.807) is 36.5 Å². The third-order valence-corrected chi connectivity index (χ3v) is 7.56. The van der Waals surface area contributed by atoms with Crippen LogP contribution in [0.4, 0.5) is 5.69 Å². The van der Waals surface area contributed by atoms with Gasteiger partial charge in [0.2, 0.25) is 10.0 Å². The summed E-state index contributed by atoms with van der Waals surface area (Å²) in [6, 6.07) is 11.7. The number of carbonyl (C=O) groups excluding carboxylic acids is 1. The number of anilines is 1. The molecule has 0 atom stereocenters. The minimum absolute atomic E-state index is 0.0890. The summed E-state index contributed by atoms with van der Waals surface area (Å²) in [5.41, 5.74) is 2.14. The van der Waals surface area contributed by atoms with Crippen LogP contribution in [0.2, 0.25) is 0 Å². The van der Waals surface area contributed by atoms with E-state index in [4.69, 9.17) is 4.52 Å². The molecule has 10 heteroatoms. The second-order valence-corrected chi connectivity index (χ2v) is 10.6. The maximum Gasteiger partial charge on any atom is 0.259 e. The van der Waals surface area contributed by atoms with Crippen molar-refractivity contribution in [3.8, 4) is 10.6 Å². The minimum atomic E-state index is -3.62. The van der Waals surface area contributed by atoms with Crippen LogP contribution in [0.5, 0.6) is 0 Å². The SMILES string of the molecule is Cc1ccc(-c2cc(C(=O)Nc3cccc(S(=O)(=O)N(C)C)c3)c3c(C)noc3n2)s1. The average Bonchev–Trinajstić information content (AvgIpc) is 3.33. The lowest BCUT2D eigenvalue weighted by Crippen LogP contribution is -2.22. The van der Waals surface area contributed by atoms with Crippen LogP contribution >= 0.6 is 11.3 Å². The number of benzene rings is 1. The number of aryl methyl sites for hydroxylation is 2. The Balaban J connectivity index is 1.75. The summed E-state index contributed by atoms with van der Waals surface area (Å²) in [6.07, 6.45) is 0. The number of rotatable bonds is 5. The fraction of sp³-hybridized carbons (Fsp3) is 0.190. The van der Waals surface area contributed by atoms with E-state index in [0.29, 0.717) is 28.0 Å². The summed E-state index contributed by atoms with van der Waals surface area (Å²) in [5, 5.41) is 7.26. The first-order chi connectivity index (χ1) is 14.7. The number of aromatic nitrogens is 2. The van der Waals surface area contributed by atoms with Gasteiger partial charge in [0.1, 0.15) is 0 Å². The van der Waals surface area contributed by atoms with Gasteiger partial charge in [-0.2, -0.15) is 0 Å². The number of carbonyl (C=O) groups is 1. The Kier molecular flexibility index (Phi) is 5.38. The van der Waals surface area contributed by atoms with Crippen molar-refractivity contribution < 1.29 is 17.7 Å². The Morgan fingerprint density at radius 1 is 1.13 bits per heavy atom. The maximum atomic E-state index is 13.2. The number of fused-ring (bicyclic) bond motifs is 1. The minimum Gasteiger partial charge on any atom is -0.335 e. The molecule has 0 aliphatic heterocycles. The number of pyridine rings is 1. The molecule has 0 spiro atoms. The number of nitrogens with one attached hydrogen (secondary N) is 1. The van der Waals surface area contributed by atoms with Crippen LogP contribution in [0.25, 0.3) is 21.7 Å². The van der Waals surface area contributed by atoms with Crippen LogP contribution in [0.1, 0.15) is 20.9 Å². The lowest BCUT2D eigenvalue weighted by atomic mass is 10.1. The molecule has 3 heterocycles. The molecule has 0 radical (unpaired) electrons. The van der Waals surface area contributed by atoms with E-state index < -0.39 is 15.9 Å². The third kappa shape index (κ3) is 3.97. The van der Waals surface area contributed by atoms with Gasteiger partial charge in [-0.05, 0) is 50.2 Å². The van der Waals surface area contributed by atoms with Gasteiger partial charge in [0.25, 0.3) is 11.6 Å². The fourth-order valence-electron chi connectivity index (χ4n) is 3.12. The molecular formula is C21H20N4O4S2. The molecule has 3 aromatic heterocycles. The Labute approximate surface area is 183 Å². The zero-order valence-electron chi connectivity index (χ0n) is 17.3. The molecule has 0 fully saturated rings. The highest BCUT2D eigenvalue weighted by molar-refractivity contribution is 7.89. The Morgan fingerprint density at radius 2 is 1.90 bits per heavy atom. The van der Waals surface area contributed by atoms with Crippen LogP contribution in [-0.2, 0) is 10.0 Å². The second-order valence-electron chi connectivity index (χ2n) is 7.18. The molecule has 0 aliphatic rings. The molecule has 0 aliphatic carbocycles. The fourth-order valence-corrected chi connectivity index (χ4v) is 4.89. The van der Waals surface area contributed by atoms with E-state index in [1.807, 2.05) is 19.1 Å². The summed E-state index contributed by atoms with van der Waals surface area (Å²) in [5.74, 6) is -0.410. The van der Waals surface area contributed by atoms with Gasteiger partial charge in [0.15, 0.2) is 0 Å². The predicted octanol–water partition coefficient (Wildman–Crippen LogP) is 4.07. The lowest BCUT2D eigenvalue weighted by molar-refractivity contribution is 0.102. The first-order valence-corrected chi connectivity index (χ1v) is 11.6. The van der Waals surface area contributed by atoms with Gasteiger partial charge < -0.3 is 9.84 Å². The van der Waals surface area contributed by atoms with Crippen LogP contribution in [0.3, 0.4) is 0 Å². The molecule has 4 rings (SSSR count). The van der Waals surface area contributed by atoms with E-state index in [0.717, 1.165) is 14.1 Å². The molecule has 4 aromatic rings. The summed E-state index contributed by atoms with van der Waals surface area (Å²) in [4.78, 5) is 19.8. The molecule has 0 saturated heterocycles. The van der Waals surface area contributed by atoms with E-state index in [-0.39, 0.29) is 10.6 Å². The van der Waals surface area contributed by atoms with E-state index in [9.17, 15) is 13.2 Å². The molecule has 1 N–H and O–H groups in total. The number of sulfonamides is 1. The van der Waals surface area contributed by atoms with Gasteiger partial charge in [-0.1, -0.05) is 11.2 Å². The summed E-state index contributed by atoms with van der Waals surface area (Å²) in [7, 11) is -0.714. The zero-order valence-corrected chi connectivity index (χ0v) is 19.0. The largest absolute Gasteiger partial charge is 0.335 e. The highest BCUT2D eigenvalue weighted by Gasteiger charge is 2.21.